The average Bonchev–Trinajstić information content (AvgIpc) is 2.53. The summed E-state index contributed by atoms with van der Waals surface area (Å²) in [4.78, 5) is 14.1. The molecular formula is C14H16ClN3O3S. The molecule has 1 aromatic heterocycles. The second-order valence-electron chi connectivity index (χ2n) is 4.48. The van der Waals surface area contributed by atoms with E-state index in [1.807, 2.05) is 18.7 Å². The first-order valence-electron chi connectivity index (χ1n) is 6.76. The van der Waals surface area contributed by atoms with E-state index < -0.39 is 15.6 Å². The lowest BCUT2D eigenvalue weighted by molar-refractivity contribution is 0.575. The third kappa shape index (κ3) is 2.86. The summed E-state index contributed by atoms with van der Waals surface area (Å²) in [6.07, 6.45) is 1.30. The molecule has 0 atom stereocenters. The normalized spacial score (nSPS) is 11.4. The Morgan fingerprint density at radius 2 is 1.77 bits per heavy atom. The predicted molar refractivity (Wildman–Crippen MR) is 86.1 cm³/mol. The van der Waals surface area contributed by atoms with Crippen molar-refractivity contribution in [3.8, 4) is 0 Å². The summed E-state index contributed by atoms with van der Waals surface area (Å²) in [5, 5.41) is 3.64. The molecule has 1 heterocycles. The monoisotopic (exact) mass is 341 g/mol. The number of halogens is 1. The Kier molecular flexibility index (Phi) is 4.87. The maximum atomic E-state index is 12.5. The smallest absolute Gasteiger partial charge is 0.302 e. The standard InChI is InChI=1S/C14H16ClN3O3S/c1-3-17(4-2)12-10-16-18(14(19)13(12)15)22(20,21)11-8-6-5-7-9-11/h5-10H,3-4H2,1-2H3. The summed E-state index contributed by atoms with van der Waals surface area (Å²) in [6, 6.07) is 7.63. The van der Waals surface area contributed by atoms with Gasteiger partial charge < -0.3 is 4.90 Å². The zero-order valence-electron chi connectivity index (χ0n) is 12.2. The summed E-state index contributed by atoms with van der Waals surface area (Å²) in [6.45, 7) is 5.08. The van der Waals surface area contributed by atoms with Gasteiger partial charge in [0.1, 0.15) is 5.02 Å². The van der Waals surface area contributed by atoms with Gasteiger partial charge in [0.2, 0.25) is 0 Å². The number of hydrogen-bond donors (Lipinski definition) is 0. The molecule has 0 N–H and O–H groups in total. The van der Waals surface area contributed by atoms with Crippen molar-refractivity contribution in [2.45, 2.75) is 18.7 Å². The first kappa shape index (κ1) is 16.5. The Labute approximate surface area is 134 Å². The number of nitrogens with zero attached hydrogens (tertiary/aromatic N) is 3. The molecule has 0 aliphatic heterocycles. The van der Waals surface area contributed by atoms with Crippen molar-refractivity contribution < 1.29 is 8.42 Å². The third-order valence-corrected chi connectivity index (χ3v) is 5.18. The van der Waals surface area contributed by atoms with E-state index in [0.717, 1.165) is 0 Å². The van der Waals surface area contributed by atoms with Crippen molar-refractivity contribution in [2.24, 2.45) is 0 Å². The second kappa shape index (κ2) is 6.50. The summed E-state index contributed by atoms with van der Waals surface area (Å²) in [5.74, 6) is 0. The highest BCUT2D eigenvalue weighted by Gasteiger charge is 2.23. The third-order valence-electron chi connectivity index (χ3n) is 3.24. The zero-order chi connectivity index (χ0) is 16.3. The second-order valence-corrected chi connectivity index (χ2v) is 6.63. The largest absolute Gasteiger partial charge is 0.369 e. The number of benzene rings is 1. The molecule has 2 aromatic rings. The molecule has 6 nitrogen and oxygen atoms in total. The predicted octanol–water partition coefficient (Wildman–Crippen LogP) is 1.98. The number of rotatable bonds is 5. The fraction of sp³-hybridized carbons (Fsp3) is 0.286. The van der Waals surface area contributed by atoms with E-state index in [0.29, 0.717) is 22.9 Å². The van der Waals surface area contributed by atoms with Gasteiger partial charge in [-0.1, -0.05) is 29.8 Å². The van der Waals surface area contributed by atoms with Crippen LogP contribution in [0.15, 0.2) is 46.2 Å². The van der Waals surface area contributed by atoms with Crippen LogP contribution in [0.5, 0.6) is 0 Å². The molecular weight excluding hydrogens is 326 g/mol. The van der Waals surface area contributed by atoms with Crippen LogP contribution in [0.1, 0.15) is 13.8 Å². The fourth-order valence-electron chi connectivity index (χ4n) is 2.06. The van der Waals surface area contributed by atoms with E-state index >= 15 is 0 Å². The van der Waals surface area contributed by atoms with Crippen molar-refractivity contribution in [3.05, 3.63) is 51.9 Å². The van der Waals surface area contributed by atoms with E-state index in [4.69, 9.17) is 11.6 Å². The highest BCUT2D eigenvalue weighted by atomic mass is 35.5. The highest BCUT2D eigenvalue weighted by Crippen LogP contribution is 2.21. The van der Waals surface area contributed by atoms with Gasteiger partial charge in [0.05, 0.1) is 16.8 Å². The number of hydrogen-bond acceptors (Lipinski definition) is 5. The van der Waals surface area contributed by atoms with E-state index in [2.05, 4.69) is 5.10 Å². The van der Waals surface area contributed by atoms with Crippen LogP contribution in [0.25, 0.3) is 0 Å². The molecule has 0 spiro atoms. The first-order chi connectivity index (χ1) is 10.4. The average molecular weight is 342 g/mol. The van der Waals surface area contributed by atoms with Gasteiger partial charge in [-0.2, -0.15) is 13.5 Å². The maximum absolute atomic E-state index is 12.5. The Hall–Kier alpha value is -1.86. The molecule has 22 heavy (non-hydrogen) atoms. The lowest BCUT2D eigenvalue weighted by Gasteiger charge is -2.21. The van der Waals surface area contributed by atoms with Gasteiger partial charge in [-0.05, 0) is 26.0 Å². The summed E-state index contributed by atoms with van der Waals surface area (Å²) in [5.41, 5.74) is -0.425. The molecule has 0 radical (unpaired) electrons. The molecule has 0 saturated heterocycles. The van der Waals surface area contributed by atoms with Crippen LogP contribution in [0.2, 0.25) is 5.02 Å². The van der Waals surface area contributed by atoms with Gasteiger partial charge in [-0.25, -0.2) is 0 Å². The Bertz CT molecular complexity index is 815. The maximum Gasteiger partial charge on any atom is 0.302 e. The van der Waals surface area contributed by atoms with Gasteiger partial charge >= 0.3 is 5.56 Å². The van der Waals surface area contributed by atoms with Crippen molar-refractivity contribution in [3.63, 3.8) is 0 Å². The minimum atomic E-state index is -4.06. The van der Waals surface area contributed by atoms with Crippen LogP contribution < -0.4 is 10.5 Å². The number of anilines is 1. The quantitative estimate of drug-likeness (QED) is 0.831. The summed E-state index contributed by atoms with van der Waals surface area (Å²) < 4.78 is 25.3. The topological polar surface area (TPSA) is 72.3 Å². The van der Waals surface area contributed by atoms with Crippen LogP contribution in [0.3, 0.4) is 0 Å². The Morgan fingerprint density at radius 1 is 1.18 bits per heavy atom. The van der Waals surface area contributed by atoms with E-state index in [-0.39, 0.29) is 9.92 Å². The van der Waals surface area contributed by atoms with E-state index in [1.165, 1.54) is 18.3 Å². The SMILES string of the molecule is CCN(CC)c1cnn(S(=O)(=O)c2ccccc2)c(=O)c1Cl. The first-order valence-corrected chi connectivity index (χ1v) is 8.58. The fourth-order valence-corrected chi connectivity index (χ4v) is 3.54. The van der Waals surface area contributed by atoms with Crippen molar-refractivity contribution in [1.29, 1.82) is 0 Å². The molecule has 2 rings (SSSR count). The molecule has 0 aliphatic rings. The van der Waals surface area contributed by atoms with Gasteiger partial charge in [0.15, 0.2) is 0 Å². The molecule has 8 heteroatoms. The highest BCUT2D eigenvalue weighted by molar-refractivity contribution is 7.89. The molecule has 1 aromatic carbocycles. The Balaban J connectivity index is 2.60. The Morgan fingerprint density at radius 3 is 2.32 bits per heavy atom. The molecule has 0 amide bonds. The summed E-state index contributed by atoms with van der Waals surface area (Å²) in [7, 11) is -4.06. The number of aromatic nitrogens is 2. The molecule has 0 bridgehead atoms. The van der Waals surface area contributed by atoms with Crippen LogP contribution in [-0.4, -0.2) is 30.7 Å². The van der Waals surface area contributed by atoms with E-state index in [9.17, 15) is 13.2 Å². The molecule has 118 valence electrons. The van der Waals surface area contributed by atoms with Gasteiger partial charge in [0, 0.05) is 13.1 Å². The van der Waals surface area contributed by atoms with Crippen molar-refractivity contribution in [1.82, 2.24) is 9.19 Å². The van der Waals surface area contributed by atoms with Crippen LogP contribution in [0, 0.1) is 0 Å². The van der Waals surface area contributed by atoms with Gasteiger partial charge in [-0.3, -0.25) is 4.79 Å². The molecule has 0 aliphatic carbocycles. The minimum Gasteiger partial charge on any atom is -0.369 e. The van der Waals surface area contributed by atoms with Gasteiger partial charge in [0.25, 0.3) is 10.0 Å². The lowest BCUT2D eigenvalue weighted by Crippen LogP contribution is -2.33. The zero-order valence-corrected chi connectivity index (χ0v) is 13.8. The van der Waals surface area contributed by atoms with Crippen LogP contribution in [0.4, 0.5) is 5.69 Å². The van der Waals surface area contributed by atoms with Gasteiger partial charge in [-0.15, -0.1) is 4.09 Å². The molecule has 0 unspecified atom stereocenters. The van der Waals surface area contributed by atoms with Crippen molar-refractivity contribution in [2.75, 3.05) is 18.0 Å². The van der Waals surface area contributed by atoms with Crippen LogP contribution >= 0.6 is 11.6 Å². The van der Waals surface area contributed by atoms with E-state index in [1.54, 1.807) is 18.2 Å². The molecule has 0 saturated carbocycles. The molecule has 0 fully saturated rings. The minimum absolute atomic E-state index is 0.0174. The van der Waals surface area contributed by atoms with Crippen molar-refractivity contribution >= 4 is 27.3 Å². The lowest BCUT2D eigenvalue weighted by atomic mass is 10.4. The summed E-state index contributed by atoms with van der Waals surface area (Å²) >= 11 is 6.06. The van der Waals surface area contributed by atoms with Crippen LogP contribution in [-0.2, 0) is 10.0 Å².